The van der Waals surface area contributed by atoms with Crippen LogP contribution in [0.25, 0.3) is 0 Å². The van der Waals surface area contributed by atoms with Gasteiger partial charge in [-0.25, -0.2) is 0 Å². The Bertz CT molecular complexity index is 271. The van der Waals surface area contributed by atoms with Gasteiger partial charge in [0.2, 0.25) is 0 Å². The first-order valence-electron chi connectivity index (χ1n) is 4.52. The maximum Gasteiger partial charge on any atom is 0.0502 e. The van der Waals surface area contributed by atoms with Crippen molar-refractivity contribution in [2.45, 2.75) is 19.8 Å². The summed E-state index contributed by atoms with van der Waals surface area (Å²) in [5, 5.41) is 9.96. The third-order valence-corrected chi connectivity index (χ3v) is 2.65. The van der Waals surface area contributed by atoms with Crippen LogP contribution in [0.1, 0.15) is 25.3 Å². The van der Waals surface area contributed by atoms with Crippen LogP contribution in [-0.4, -0.2) is 11.7 Å². The van der Waals surface area contributed by atoms with Crippen LogP contribution >= 0.6 is 11.6 Å². The molecule has 1 aromatic carbocycles. The number of halogens is 1. The zero-order valence-electron chi connectivity index (χ0n) is 8.00. The summed E-state index contributed by atoms with van der Waals surface area (Å²) in [5.41, 5.74) is 1.04. The van der Waals surface area contributed by atoms with Crippen LogP contribution in [0.5, 0.6) is 0 Å². The Morgan fingerprint density at radius 1 is 1.31 bits per heavy atom. The van der Waals surface area contributed by atoms with Crippen LogP contribution < -0.4 is 0 Å². The summed E-state index contributed by atoms with van der Waals surface area (Å²) in [4.78, 5) is 0. The molecule has 0 heterocycles. The van der Waals surface area contributed by atoms with Crippen LogP contribution in [0.2, 0.25) is 5.02 Å². The van der Waals surface area contributed by atoms with E-state index in [-0.39, 0.29) is 12.5 Å². The Balaban J connectivity index is 2.97. The Morgan fingerprint density at radius 2 is 1.92 bits per heavy atom. The number of rotatable bonds is 3. The Morgan fingerprint density at radius 3 is 2.38 bits per heavy atom. The molecule has 1 atom stereocenters. The zero-order chi connectivity index (χ0) is 9.84. The van der Waals surface area contributed by atoms with Crippen molar-refractivity contribution >= 4 is 11.6 Å². The summed E-state index contributed by atoms with van der Waals surface area (Å²) in [6.07, 6.45) is 0. The molecule has 0 aliphatic rings. The summed E-state index contributed by atoms with van der Waals surface area (Å²) in [7, 11) is 0. The van der Waals surface area contributed by atoms with Gasteiger partial charge in [-0.3, -0.25) is 0 Å². The van der Waals surface area contributed by atoms with E-state index in [1.54, 1.807) is 0 Å². The molecule has 0 bridgehead atoms. The number of hydrogen-bond acceptors (Lipinski definition) is 1. The second-order valence-corrected chi connectivity index (χ2v) is 3.96. The van der Waals surface area contributed by atoms with Crippen LogP contribution in [0.15, 0.2) is 24.3 Å². The predicted octanol–water partition coefficient (Wildman–Crippen LogP) is 3.07. The Labute approximate surface area is 84.4 Å². The molecule has 0 unspecified atom stereocenters. The largest absolute Gasteiger partial charge is 0.396 e. The Kier molecular flexibility index (Phi) is 3.76. The second kappa shape index (κ2) is 4.64. The molecule has 13 heavy (non-hydrogen) atoms. The first-order valence-corrected chi connectivity index (χ1v) is 4.90. The molecule has 0 amide bonds. The van der Waals surface area contributed by atoms with E-state index in [1.165, 1.54) is 0 Å². The van der Waals surface area contributed by atoms with Gasteiger partial charge in [0.25, 0.3) is 0 Å². The number of aliphatic hydroxyl groups excluding tert-OH is 1. The van der Waals surface area contributed by atoms with E-state index in [9.17, 15) is 5.11 Å². The lowest BCUT2D eigenvalue weighted by molar-refractivity contribution is 0.237. The fourth-order valence-electron chi connectivity index (χ4n) is 1.44. The molecule has 0 spiro atoms. The highest BCUT2D eigenvalue weighted by atomic mass is 35.5. The topological polar surface area (TPSA) is 20.2 Å². The molecular weight excluding hydrogens is 184 g/mol. The minimum atomic E-state index is 0.147. The summed E-state index contributed by atoms with van der Waals surface area (Å²) in [6, 6.07) is 7.69. The van der Waals surface area contributed by atoms with Gasteiger partial charge in [0.1, 0.15) is 0 Å². The lowest BCUT2D eigenvalue weighted by Crippen LogP contribution is -2.11. The molecule has 0 radical (unpaired) electrons. The van der Waals surface area contributed by atoms with Crippen molar-refractivity contribution in [3.63, 3.8) is 0 Å². The average Bonchev–Trinajstić information content (AvgIpc) is 2.09. The van der Waals surface area contributed by atoms with Crippen molar-refractivity contribution < 1.29 is 5.11 Å². The van der Waals surface area contributed by atoms with Gasteiger partial charge in [0, 0.05) is 10.9 Å². The number of hydrogen-bond donors (Lipinski definition) is 1. The number of aliphatic hydroxyl groups is 1. The van der Waals surface area contributed by atoms with Gasteiger partial charge in [-0.1, -0.05) is 43.6 Å². The van der Waals surface area contributed by atoms with Crippen molar-refractivity contribution in [2.75, 3.05) is 6.61 Å². The van der Waals surface area contributed by atoms with Crippen molar-refractivity contribution in [3.05, 3.63) is 34.9 Å². The van der Waals surface area contributed by atoms with E-state index in [4.69, 9.17) is 11.6 Å². The molecule has 0 saturated heterocycles. The standard InChI is InChI=1S/C11H15ClO/c1-8(2)10(7-13)9-5-3-4-6-11(9)12/h3-6,8,10,13H,7H2,1-2H3/t10-/m0/s1. The zero-order valence-corrected chi connectivity index (χ0v) is 8.75. The highest BCUT2D eigenvalue weighted by Gasteiger charge is 2.16. The lowest BCUT2D eigenvalue weighted by atomic mass is 9.89. The van der Waals surface area contributed by atoms with E-state index >= 15 is 0 Å². The second-order valence-electron chi connectivity index (χ2n) is 3.55. The van der Waals surface area contributed by atoms with Gasteiger partial charge in [0.05, 0.1) is 6.61 Å². The van der Waals surface area contributed by atoms with Crippen molar-refractivity contribution in [1.82, 2.24) is 0 Å². The van der Waals surface area contributed by atoms with E-state index in [0.717, 1.165) is 10.6 Å². The van der Waals surface area contributed by atoms with E-state index in [0.29, 0.717) is 5.92 Å². The summed E-state index contributed by atoms with van der Waals surface area (Å²) < 4.78 is 0. The first-order chi connectivity index (χ1) is 6.16. The minimum absolute atomic E-state index is 0.147. The normalized spacial score (nSPS) is 13.3. The highest BCUT2D eigenvalue weighted by molar-refractivity contribution is 6.31. The molecule has 0 aliphatic heterocycles. The number of benzene rings is 1. The quantitative estimate of drug-likeness (QED) is 0.792. The molecule has 0 saturated carbocycles. The van der Waals surface area contributed by atoms with Gasteiger partial charge >= 0.3 is 0 Å². The van der Waals surface area contributed by atoms with Crippen LogP contribution in [0, 0.1) is 5.92 Å². The van der Waals surface area contributed by atoms with Gasteiger partial charge in [-0.15, -0.1) is 0 Å². The third kappa shape index (κ3) is 2.45. The molecular formula is C11H15ClO. The first kappa shape index (κ1) is 10.6. The van der Waals surface area contributed by atoms with E-state index in [2.05, 4.69) is 13.8 Å². The van der Waals surface area contributed by atoms with Crippen LogP contribution in [0.3, 0.4) is 0 Å². The van der Waals surface area contributed by atoms with Crippen molar-refractivity contribution in [3.8, 4) is 0 Å². The maximum atomic E-state index is 9.22. The van der Waals surface area contributed by atoms with Crippen LogP contribution in [0.4, 0.5) is 0 Å². The molecule has 0 fully saturated rings. The maximum absolute atomic E-state index is 9.22. The fourth-order valence-corrected chi connectivity index (χ4v) is 1.72. The third-order valence-electron chi connectivity index (χ3n) is 2.31. The molecule has 1 aromatic rings. The van der Waals surface area contributed by atoms with Gasteiger partial charge in [0.15, 0.2) is 0 Å². The fraction of sp³-hybridized carbons (Fsp3) is 0.455. The molecule has 0 aromatic heterocycles. The summed E-state index contributed by atoms with van der Waals surface area (Å²) in [6.45, 7) is 4.33. The molecule has 72 valence electrons. The molecule has 2 heteroatoms. The molecule has 1 rings (SSSR count). The molecule has 0 aliphatic carbocycles. The molecule has 1 nitrogen and oxygen atoms in total. The van der Waals surface area contributed by atoms with Crippen molar-refractivity contribution in [1.29, 1.82) is 0 Å². The van der Waals surface area contributed by atoms with Gasteiger partial charge in [-0.2, -0.15) is 0 Å². The monoisotopic (exact) mass is 198 g/mol. The smallest absolute Gasteiger partial charge is 0.0502 e. The summed E-state index contributed by atoms with van der Waals surface area (Å²) >= 11 is 6.03. The SMILES string of the molecule is CC(C)[C@H](CO)c1ccccc1Cl. The summed E-state index contributed by atoms with van der Waals surface area (Å²) in [5.74, 6) is 0.554. The minimum Gasteiger partial charge on any atom is -0.396 e. The van der Waals surface area contributed by atoms with Crippen LogP contribution in [-0.2, 0) is 0 Å². The lowest BCUT2D eigenvalue weighted by Gasteiger charge is -2.19. The highest BCUT2D eigenvalue weighted by Crippen LogP contribution is 2.29. The molecule has 1 N–H and O–H groups in total. The predicted molar refractivity (Wildman–Crippen MR) is 56.1 cm³/mol. The average molecular weight is 199 g/mol. The van der Waals surface area contributed by atoms with E-state index in [1.807, 2.05) is 24.3 Å². The van der Waals surface area contributed by atoms with E-state index < -0.39 is 0 Å². The Hall–Kier alpha value is -0.530. The van der Waals surface area contributed by atoms with Crippen molar-refractivity contribution in [2.24, 2.45) is 5.92 Å². The van der Waals surface area contributed by atoms with Gasteiger partial charge < -0.3 is 5.11 Å². The van der Waals surface area contributed by atoms with Gasteiger partial charge in [-0.05, 0) is 17.5 Å².